The van der Waals surface area contributed by atoms with Gasteiger partial charge in [-0.15, -0.1) is 0 Å². The van der Waals surface area contributed by atoms with E-state index in [2.05, 4.69) is 15.1 Å². The Hall–Kier alpha value is -2.56. The number of hydrogen-bond donors (Lipinski definition) is 3. The maximum atomic E-state index is 8.64. The molecule has 0 fully saturated rings. The summed E-state index contributed by atoms with van der Waals surface area (Å²) in [5.41, 5.74) is 7.96. The zero-order chi connectivity index (χ0) is 11.8. The number of oxime groups is 1. The number of fused-ring (bicyclic) bond motifs is 3. The first-order chi connectivity index (χ1) is 8.29. The number of aromatic nitrogens is 2. The predicted molar refractivity (Wildman–Crippen MR) is 66.1 cm³/mol. The molecule has 3 rings (SSSR count). The van der Waals surface area contributed by atoms with Crippen LogP contribution in [0.15, 0.2) is 41.7 Å². The van der Waals surface area contributed by atoms with Crippen molar-refractivity contribution in [3.05, 3.63) is 42.2 Å². The largest absolute Gasteiger partial charge is 0.409 e. The summed E-state index contributed by atoms with van der Waals surface area (Å²) in [6, 6.07) is 9.76. The van der Waals surface area contributed by atoms with E-state index in [0.29, 0.717) is 5.69 Å². The lowest BCUT2D eigenvalue weighted by Crippen LogP contribution is -2.14. The van der Waals surface area contributed by atoms with Crippen LogP contribution in [-0.4, -0.2) is 21.0 Å². The smallest absolute Gasteiger partial charge is 0.188 e. The second-order valence-electron chi connectivity index (χ2n) is 3.77. The molecule has 17 heavy (non-hydrogen) atoms. The van der Waals surface area contributed by atoms with Crippen LogP contribution in [0.1, 0.15) is 5.69 Å². The van der Waals surface area contributed by atoms with Gasteiger partial charge in [0.05, 0.1) is 11.7 Å². The maximum Gasteiger partial charge on any atom is 0.188 e. The Morgan fingerprint density at radius 3 is 2.88 bits per heavy atom. The van der Waals surface area contributed by atoms with Crippen molar-refractivity contribution >= 4 is 27.6 Å². The third kappa shape index (κ3) is 1.40. The summed E-state index contributed by atoms with van der Waals surface area (Å²) in [5, 5.41) is 13.7. The number of hydrogen-bond acceptors (Lipinski definition) is 3. The number of nitrogens with two attached hydrogens (primary N) is 1. The molecule has 0 amide bonds. The summed E-state index contributed by atoms with van der Waals surface area (Å²) in [4.78, 5) is 7.38. The number of nitrogens with zero attached hydrogens (tertiary/aromatic N) is 2. The molecule has 0 radical (unpaired) electrons. The second-order valence-corrected chi connectivity index (χ2v) is 3.77. The molecule has 2 heterocycles. The number of H-pyrrole nitrogens is 1. The summed E-state index contributed by atoms with van der Waals surface area (Å²) >= 11 is 0. The van der Waals surface area contributed by atoms with E-state index in [9.17, 15) is 0 Å². The Kier molecular flexibility index (Phi) is 1.98. The number of amidine groups is 1. The summed E-state index contributed by atoms with van der Waals surface area (Å²) < 4.78 is 0. The zero-order valence-electron chi connectivity index (χ0n) is 8.88. The highest BCUT2D eigenvalue weighted by Gasteiger charge is 2.07. The van der Waals surface area contributed by atoms with Crippen LogP contribution in [-0.2, 0) is 0 Å². The summed E-state index contributed by atoms with van der Waals surface area (Å²) in [5.74, 6) is 0.0113. The number of nitrogens with one attached hydrogen (secondary N) is 1. The van der Waals surface area contributed by atoms with Gasteiger partial charge in [-0.1, -0.05) is 23.4 Å². The van der Waals surface area contributed by atoms with Gasteiger partial charge >= 0.3 is 0 Å². The number of pyridine rings is 1. The van der Waals surface area contributed by atoms with Gasteiger partial charge in [0, 0.05) is 16.3 Å². The van der Waals surface area contributed by atoms with E-state index in [0.717, 1.165) is 21.8 Å². The fourth-order valence-corrected chi connectivity index (χ4v) is 1.94. The molecule has 1 aromatic carbocycles. The number of aromatic amines is 1. The first-order valence-corrected chi connectivity index (χ1v) is 5.14. The molecule has 2 aromatic heterocycles. The molecule has 0 unspecified atom stereocenters. The molecule has 5 heteroatoms. The van der Waals surface area contributed by atoms with Gasteiger partial charge in [-0.05, 0) is 12.1 Å². The van der Waals surface area contributed by atoms with E-state index in [-0.39, 0.29) is 5.84 Å². The van der Waals surface area contributed by atoms with E-state index < -0.39 is 0 Å². The van der Waals surface area contributed by atoms with Crippen molar-refractivity contribution in [2.75, 3.05) is 0 Å². The van der Waals surface area contributed by atoms with E-state index >= 15 is 0 Å². The minimum atomic E-state index is 0.0113. The molecule has 84 valence electrons. The molecule has 0 saturated heterocycles. The van der Waals surface area contributed by atoms with E-state index in [1.807, 2.05) is 30.3 Å². The van der Waals surface area contributed by atoms with E-state index in [1.54, 1.807) is 6.20 Å². The minimum absolute atomic E-state index is 0.0113. The lowest BCUT2D eigenvalue weighted by atomic mass is 10.1. The monoisotopic (exact) mass is 226 g/mol. The van der Waals surface area contributed by atoms with Crippen LogP contribution in [0.5, 0.6) is 0 Å². The molecular formula is C12H10N4O. The molecule has 4 N–H and O–H groups in total. The lowest BCUT2D eigenvalue weighted by molar-refractivity contribution is 0.318. The fourth-order valence-electron chi connectivity index (χ4n) is 1.94. The normalized spacial score (nSPS) is 12.4. The van der Waals surface area contributed by atoms with E-state index in [1.165, 1.54) is 0 Å². The first-order valence-electron chi connectivity index (χ1n) is 5.14. The van der Waals surface area contributed by atoms with Crippen molar-refractivity contribution < 1.29 is 5.21 Å². The molecule has 0 bridgehead atoms. The van der Waals surface area contributed by atoms with Crippen molar-refractivity contribution in [2.45, 2.75) is 0 Å². The van der Waals surface area contributed by atoms with Crippen molar-refractivity contribution in [2.24, 2.45) is 10.9 Å². The van der Waals surface area contributed by atoms with Gasteiger partial charge in [-0.3, -0.25) is 4.98 Å². The summed E-state index contributed by atoms with van der Waals surface area (Å²) in [6.45, 7) is 0. The number of rotatable bonds is 1. The Morgan fingerprint density at radius 1 is 1.24 bits per heavy atom. The van der Waals surface area contributed by atoms with Gasteiger partial charge in [-0.25, -0.2) is 0 Å². The van der Waals surface area contributed by atoms with Gasteiger partial charge in [0.2, 0.25) is 0 Å². The molecule has 0 atom stereocenters. The average molecular weight is 226 g/mol. The quantitative estimate of drug-likeness (QED) is 0.256. The fraction of sp³-hybridized carbons (Fsp3) is 0. The van der Waals surface area contributed by atoms with Crippen LogP contribution in [0.4, 0.5) is 0 Å². The highest BCUT2D eigenvalue weighted by Crippen LogP contribution is 2.24. The third-order valence-electron chi connectivity index (χ3n) is 2.76. The van der Waals surface area contributed by atoms with Crippen LogP contribution in [0.3, 0.4) is 0 Å². The number of benzene rings is 1. The number of para-hydroxylation sites is 1. The summed E-state index contributed by atoms with van der Waals surface area (Å²) in [6.07, 6.45) is 1.68. The molecule has 0 aliphatic carbocycles. The topological polar surface area (TPSA) is 87.3 Å². The SMILES string of the molecule is NC(=NO)c1cc2c(cn1)[nH]c1ccccc12. The minimum Gasteiger partial charge on any atom is -0.409 e. The zero-order valence-corrected chi connectivity index (χ0v) is 8.88. The molecule has 3 aromatic rings. The van der Waals surface area contributed by atoms with Crippen molar-refractivity contribution in [1.82, 2.24) is 9.97 Å². The van der Waals surface area contributed by atoms with Crippen LogP contribution < -0.4 is 5.73 Å². The van der Waals surface area contributed by atoms with Crippen molar-refractivity contribution in [1.29, 1.82) is 0 Å². The molecule has 0 aliphatic rings. The van der Waals surface area contributed by atoms with Crippen molar-refractivity contribution in [3.8, 4) is 0 Å². The Bertz CT molecular complexity index is 730. The Labute approximate surface area is 96.6 Å². The van der Waals surface area contributed by atoms with Crippen LogP contribution >= 0.6 is 0 Å². The highest BCUT2D eigenvalue weighted by molar-refractivity contribution is 6.09. The van der Waals surface area contributed by atoms with Gasteiger partial charge < -0.3 is 15.9 Å². The highest BCUT2D eigenvalue weighted by atomic mass is 16.4. The van der Waals surface area contributed by atoms with Gasteiger partial charge in [0.25, 0.3) is 0 Å². The van der Waals surface area contributed by atoms with Gasteiger partial charge in [-0.2, -0.15) is 0 Å². The predicted octanol–water partition coefficient (Wildman–Crippen LogP) is 1.81. The summed E-state index contributed by atoms with van der Waals surface area (Å²) in [7, 11) is 0. The van der Waals surface area contributed by atoms with Gasteiger partial charge in [0.1, 0.15) is 5.69 Å². The Morgan fingerprint density at radius 2 is 2.06 bits per heavy atom. The lowest BCUT2D eigenvalue weighted by Gasteiger charge is -1.97. The van der Waals surface area contributed by atoms with Gasteiger partial charge in [0.15, 0.2) is 5.84 Å². The molecule has 0 aliphatic heterocycles. The van der Waals surface area contributed by atoms with E-state index in [4.69, 9.17) is 10.9 Å². The average Bonchev–Trinajstić information content (AvgIpc) is 2.75. The molecule has 5 nitrogen and oxygen atoms in total. The van der Waals surface area contributed by atoms with Crippen LogP contribution in [0.25, 0.3) is 21.8 Å². The first kappa shape index (κ1) is 9.65. The van der Waals surface area contributed by atoms with Crippen molar-refractivity contribution in [3.63, 3.8) is 0 Å². The molecular weight excluding hydrogens is 216 g/mol. The molecule has 0 spiro atoms. The Balaban J connectivity index is 2.37. The standard InChI is InChI=1S/C12H10N4O/c13-12(16-17)10-5-8-7-3-1-2-4-9(7)15-11(8)6-14-10/h1-6,15,17H,(H2,13,16). The second kappa shape index (κ2) is 3.48. The molecule has 0 saturated carbocycles. The van der Waals surface area contributed by atoms with Crippen LogP contribution in [0, 0.1) is 0 Å². The van der Waals surface area contributed by atoms with Crippen LogP contribution in [0.2, 0.25) is 0 Å². The third-order valence-corrected chi connectivity index (χ3v) is 2.76. The maximum absolute atomic E-state index is 8.64.